The number of aromatic amines is 1. The lowest BCUT2D eigenvalue weighted by molar-refractivity contribution is 0.597. The Hall–Kier alpha value is -2.21. The summed E-state index contributed by atoms with van der Waals surface area (Å²) in [5.74, 6) is 0.828. The van der Waals surface area contributed by atoms with Crippen molar-refractivity contribution in [1.29, 1.82) is 0 Å². The van der Waals surface area contributed by atoms with Crippen LogP contribution in [0.25, 0.3) is 17.1 Å². The van der Waals surface area contributed by atoms with Gasteiger partial charge in [-0.05, 0) is 45.1 Å². The molecular weight excluding hydrogens is 282 g/mol. The van der Waals surface area contributed by atoms with E-state index in [-0.39, 0.29) is 6.04 Å². The molecule has 0 amide bonds. The second-order valence-electron chi connectivity index (χ2n) is 5.21. The zero-order valence-corrected chi connectivity index (χ0v) is 13.1. The number of rotatable bonds is 3. The largest absolute Gasteiger partial charge is 0.298 e. The van der Waals surface area contributed by atoms with Gasteiger partial charge in [0.25, 0.3) is 0 Å². The molecule has 0 radical (unpaired) electrons. The molecule has 1 N–H and O–H groups in total. The van der Waals surface area contributed by atoms with Crippen LogP contribution in [0, 0.1) is 11.7 Å². The Bertz CT molecular complexity index is 810. The lowest BCUT2D eigenvalue weighted by atomic mass is 10.2. The SMILES string of the molecule is Cc1c(-c2n[nH]c(=S)n2C(C)C)cnn1-c1ccccc1. The van der Waals surface area contributed by atoms with E-state index in [1.54, 1.807) is 0 Å². The van der Waals surface area contributed by atoms with E-state index in [9.17, 15) is 0 Å². The van der Waals surface area contributed by atoms with Crippen molar-refractivity contribution in [2.24, 2.45) is 0 Å². The Morgan fingerprint density at radius 1 is 1.19 bits per heavy atom. The number of aromatic nitrogens is 5. The fourth-order valence-corrected chi connectivity index (χ4v) is 2.78. The summed E-state index contributed by atoms with van der Waals surface area (Å²) in [6, 6.07) is 10.3. The summed E-state index contributed by atoms with van der Waals surface area (Å²) in [4.78, 5) is 0. The first-order valence-corrected chi connectivity index (χ1v) is 7.27. The van der Waals surface area contributed by atoms with Crippen LogP contribution >= 0.6 is 12.2 Å². The monoisotopic (exact) mass is 299 g/mol. The number of nitrogens with one attached hydrogen (secondary N) is 1. The van der Waals surface area contributed by atoms with Gasteiger partial charge in [0.05, 0.1) is 23.1 Å². The van der Waals surface area contributed by atoms with Crippen LogP contribution in [0.5, 0.6) is 0 Å². The molecule has 5 nitrogen and oxygen atoms in total. The average Bonchev–Trinajstić information content (AvgIpc) is 3.03. The molecule has 0 spiro atoms. The van der Waals surface area contributed by atoms with Gasteiger partial charge in [-0.25, -0.2) is 4.68 Å². The van der Waals surface area contributed by atoms with Gasteiger partial charge in [0.2, 0.25) is 0 Å². The number of hydrogen-bond acceptors (Lipinski definition) is 3. The Morgan fingerprint density at radius 2 is 1.90 bits per heavy atom. The first-order valence-electron chi connectivity index (χ1n) is 6.87. The van der Waals surface area contributed by atoms with E-state index in [1.807, 2.05) is 52.7 Å². The molecule has 0 unspecified atom stereocenters. The minimum absolute atomic E-state index is 0.241. The topological polar surface area (TPSA) is 51.4 Å². The van der Waals surface area contributed by atoms with Crippen LogP contribution in [0.4, 0.5) is 0 Å². The lowest BCUT2D eigenvalue weighted by Gasteiger charge is -2.10. The van der Waals surface area contributed by atoms with Crippen LogP contribution in [-0.4, -0.2) is 24.5 Å². The smallest absolute Gasteiger partial charge is 0.195 e. The van der Waals surface area contributed by atoms with Crippen LogP contribution in [-0.2, 0) is 0 Å². The third-order valence-corrected chi connectivity index (χ3v) is 3.76. The molecule has 3 rings (SSSR count). The van der Waals surface area contributed by atoms with Crippen molar-refractivity contribution in [3.63, 3.8) is 0 Å². The van der Waals surface area contributed by atoms with Gasteiger partial charge < -0.3 is 0 Å². The van der Waals surface area contributed by atoms with E-state index in [2.05, 4.69) is 29.1 Å². The Labute approximate surface area is 128 Å². The van der Waals surface area contributed by atoms with Crippen molar-refractivity contribution in [2.45, 2.75) is 26.8 Å². The van der Waals surface area contributed by atoms with E-state index in [4.69, 9.17) is 12.2 Å². The fraction of sp³-hybridized carbons (Fsp3) is 0.267. The van der Waals surface area contributed by atoms with E-state index in [1.165, 1.54) is 0 Å². The molecule has 0 saturated heterocycles. The van der Waals surface area contributed by atoms with Gasteiger partial charge in [-0.3, -0.25) is 9.67 Å². The summed E-state index contributed by atoms with van der Waals surface area (Å²) in [5.41, 5.74) is 3.06. The first-order chi connectivity index (χ1) is 10.1. The van der Waals surface area contributed by atoms with E-state index >= 15 is 0 Å². The average molecular weight is 299 g/mol. The highest BCUT2D eigenvalue weighted by Crippen LogP contribution is 2.25. The lowest BCUT2D eigenvalue weighted by Crippen LogP contribution is -2.04. The van der Waals surface area contributed by atoms with Crippen molar-refractivity contribution in [2.75, 3.05) is 0 Å². The van der Waals surface area contributed by atoms with Crippen molar-refractivity contribution in [3.05, 3.63) is 47.0 Å². The van der Waals surface area contributed by atoms with Gasteiger partial charge in [0, 0.05) is 6.04 Å². The summed E-state index contributed by atoms with van der Waals surface area (Å²) < 4.78 is 4.55. The molecule has 0 saturated carbocycles. The van der Waals surface area contributed by atoms with E-state index in [0.29, 0.717) is 4.77 Å². The highest BCUT2D eigenvalue weighted by atomic mass is 32.1. The van der Waals surface area contributed by atoms with E-state index in [0.717, 1.165) is 22.8 Å². The Morgan fingerprint density at radius 3 is 2.57 bits per heavy atom. The summed E-state index contributed by atoms with van der Waals surface area (Å²) in [6.07, 6.45) is 1.84. The summed E-state index contributed by atoms with van der Waals surface area (Å²) >= 11 is 5.31. The second kappa shape index (κ2) is 5.29. The third-order valence-electron chi connectivity index (χ3n) is 3.47. The van der Waals surface area contributed by atoms with Crippen molar-refractivity contribution in [1.82, 2.24) is 24.5 Å². The number of H-pyrrole nitrogens is 1. The maximum atomic E-state index is 5.31. The zero-order valence-electron chi connectivity index (χ0n) is 12.2. The van der Waals surface area contributed by atoms with E-state index < -0.39 is 0 Å². The Kier molecular flexibility index (Phi) is 3.47. The standard InChI is InChI=1S/C15H17N5S/c1-10(2)19-14(17-18-15(19)21)13-9-16-20(11(13)3)12-7-5-4-6-8-12/h4-10H,1-3H3,(H,18,21). The number of para-hydroxylation sites is 1. The molecule has 0 aliphatic rings. The summed E-state index contributed by atoms with van der Waals surface area (Å²) in [7, 11) is 0. The molecule has 2 heterocycles. The molecule has 2 aromatic heterocycles. The molecule has 0 bridgehead atoms. The molecule has 0 atom stereocenters. The third kappa shape index (κ3) is 2.31. The first kappa shape index (κ1) is 13.8. The Balaban J connectivity index is 2.14. The normalized spacial score (nSPS) is 11.2. The molecule has 6 heteroatoms. The maximum absolute atomic E-state index is 5.31. The van der Waals surface area contributed by atoms with Crippen molar-refractivity contribution in [3.8, 4) is 17.1 Å². The number of nitrogens with zero attached hydrogens (tertiary/aromatic N) is 4. The predicted octanol–water partition coefficient (Wildman–Crippen LogP) is 3.68. The highest BCUT2D eigenvalue weighted by Gasteiger charge is 2.17. The molecule has 1 aromatic carbocycles. The number of benzene rings is 1. The van der Waals surface area contributed by atoms with Gasteiger partial charge in [0.1, 0.15) is 0 Å². The van der Waals surface area contributed by atoms with Crippen LogP contribution in [0.2, 0.25) is 0 Å². The van der Waals surface area contributed by atoms with Crippen LogP contribution in [0.15, 0.2) is 36.5 Å². The van der Waals surface area contributed by atoms with Gasteiger partial charge in [-0.15, -0.1) is 0 Å². The molecule has 108 valence electrons. The minimum atomic E-state index is 0.241. The summed E-state index contributed by atoms with van der Waals surface area (Å²) in [5, 5.41) is 11.7. The molecule has 0 fully saturated rings. The van der Waals surface area contributed by atoms with Gasteiger partial charge in [-0.1, -0.05) is 18.2 Å². The molecule has 3 aromatic rings. The molecule has 0 aliphatic heterocycles. The van der Waals surface area contributed by atoms with Crippen molar-refractivity contribution >= 4 is 12.2 Å². The quantitative estimate of drug-likeness (QED) is 0.751. The molecular formula is C15H17N5S. The fourth-order valence-electron chi connectivity index (χ4n) is 2.43. The number of hydrogen-bond donors (Lipinski definition) is 1. The zero-order chi connectivity index (χ0) is 15.0. The van der Waals surface area contributed by atoms with Crippen molar-refractivity contribution < 1.29 is 0 Å². The second-order valence-corrected chi connectivity index (χ2v) is 5.59. The van der Waals surface area contributed by atoms with Gasteiger partial charge in [0.15, 0.2) is 10.6 Å². The van der Waals surface area contributed by atoms with Crippen LogP contribution in [0.1, 0.15) is 25.6 Å². The predicted molar refractivity (Wildman–Crippen MR) is 85.1 cm³/mol. The maximum Gasteiger partial charge on any atom is 0.195 e. The molecule has 0 aliphatic carbocycles. The summed E-state index contributed by atoms with van der Waals surface area (Å²) in [6.45, 7) is 6.22. The highest BCUT2D eigenvalue weighted by molar-refractivity contribution is 7.71. The minimum Gasteiger partial charge on any atom is -0.298 e. The molecule has 21 heavy (non-hydrogen) atoms. The van der Waals surface area contributed by atoms with Gasteiger partial charge >= 0.3 is 0 Å². The van der Waals surface area contributed by atoms with Gasteiger partial charge in [-0.2, -0.15) is 10.2 Å². The van der Waals surface area contributed by atoms with Crippen LogP contribution in [0.3, 0.4) is 0 Å². The van der Waals surface area contributed by atoms with Crippen LogP contribution < -0.4 is 0 Å².